The van der Waals surface area contributed by atoms with Gasteiger partial charge < -0.3 is 19.7 Å². The van der Waals surface area contributed by atoms with Crippen molar-refractivity contribution in [2.45, 2.75) is 42.7 Å². The smallest absolute Gasteiger partial charge is 0.259 e. The summed E-state index contributed by atoms with van der Waals surface area (Å²) >= 11 is 1.57. The zero-order valence-electron chi connectivity index (χ0n) is 15.1. The molecule has 4 fully saturated rings. The molecular weight excluding hydrogens is 378 g/mol. The van der Waals surface area contributed by atoms with Gasteiger partial charge >= 0.3 is 0 Å². The molecule has 2 N–H and O–H groups in total. The molecule has 7 rings (SSSR count). The van der Waals surface area contributed by atoms with Gasteiger partial charge in [0.05, 0.1) is 51.6 Å². The molecule has 2 aliphatic heterocycles. The van der Waals surface area contributed by atoms with Crippen LogP contribution in [0.1, 0.15) is 47.7 Å². The topological polar surface area (TPSA) is 97.5 Å². The number of carbonyl (C=O) groups is 1. The highest BCUT2D eigenvalue weighted by Gasteiger charge is 2.63. The second-order valence-electron chi connectivity index (χ2n) is 8.27. The lowest BCUT2D eigenvalue weighted by molar-refractivity contribution is -0.0494. The van der Waals surface area contributed by atoms with Crippen molar-refractivity contribution in [2.24, 2.45) is 0 Å². The third-order valence-corrected chi connectivity index (χ3v) is 6.99. The van der Waals surface area contributed by atoms with Crippen molar-refractivity contribution in [3.63, 3.8) is 0 Å². The van der Waals surface area contributed by atoms with Gasteiger partial charge in [-0.2, -0.15) is 0 Å². The highest BCUT2D eigenvalue weighted by molar-refractivity contribution is 7.13. The minimum Gasteiger partial charge on any atom is -0.393 e. The fourth-order valence-electron chi connectivity index (χ4n) is 4.61. The lowest BCUT2D eigenvalue weighted by atomic mass is 9.68. The van der Waals surface area contributed by atoms with Crippen LogP contribution < -0.4 is 5.32 Å². The maximum Gasteiger partial charge on any atom is 0.259 e. The molecule has 28 heavy (non-hydrogen) atoms. The number of nitrogens with one attached hydrogen (secondary N) is 1. The van der Waals surface area contributed by atoms with Crippen LogP contribution in [0.15, 0.2) is 28.1 Å². The van der Waals surface area contributed by atoms with Crippen LogP contribution in [0.5, 0.6) is 0 Å². The van der Waals surface area contributed by atoms with Crippen LogP contribution in [-0.4, -0.2) is 45.5 Å². The van der Waals surface area contributed by atoms with E-state index in [-0.39, 0.29) is 12.5 Å². The number of carbonyl (C=O) groups excluding carboxylic acids is 1. The first-order chi connectivity index (χ1) is 13.6. The summed E-state index contributed by atoms with van der Waals surface area (Å²) in [5, 5.41) is 19.6. The summed E-state index contributed by atoms with van der Waals surface area (Å²) in [6, 6.07) is 5.78. The van der Waals surface area contributed by atoms with Gasteiger partial charge in [-0.1, -0.05) is 11.2 Å². The maximum absolute atomic E-state index is 13.3. The Hall–Kier alpha value is -2.29. The predicted molar refractivity (Wildman–Crippen MR) is 102 cm³/mol. The van der Waals surface area contributed by atoms with E-state index in [0.29, 0.717) is 42.3 Å². The van der Waals surface area contributed by atoms with Crippen molar-refractivity contribution in [3.8, 4) is 10.6 Å². The highest BCUT2D eigenvalue weighted by Crippen LogP contribution is 2.51. The number of hydrogen-bond acceptors (Lipinski definition) is 7. The molecule has 3 aromatic rings. The Morgan fingerprint density at radius 3 is 2.93 bits per heavy atom. The molecular formula is C20H19N3O4S. The van der Waals surface area contributed by atoms with Gasteiger partial charge in [-0.3, -0.25) is 4.79 Å². The molecule has 2 aliphatic carbocycles. The number of aliphatic hydroxyl groups excluding tert-OH is 1. The summed E-state index contributed by atoms with van der Waals surface area (Å²) in [6.45, 7) is 0.425. The average Bonchev–Trinajstić information content (AvgIpc) is 3.09. The number of aromatic nitrogens is 2. The monoisotopic (exact) mass is 397 g/mol. The summed E-state index contributed by atoms with van der Waals surface area (Å²) in [5.74, 6) is 0.188. The third-order valence-electron chi connectivity index (χ3n) is 6.10. The van der Waals surface area contributed by atoms with Crippen molar-refractivity contribution in [3.05, 3.63) is 34.8 Å². The van der Waals surface area contributed by atoms with E-state index < -0.39 is 11.1 Å². The lowest BCUT2D eigenvalue weighted by Gasteiger charge is -2.43. The van der Waals surface area contributed by atoms with E-state index in [1.807, 2.05) is 23.6 Å². The SMILES string of the molecule is O=C(NC12COC(CO)(C1)C2)c1cc(-c2cccs2)nc2onc(C3CC3)c12. The van der Waals surface area contributed by atoms with Gasteiger partial charge in [0.2, 0.25) is 0 Å². The van der Waals surface area contributed by atoms with Gasteiger partial charge in [0.1, 0.15) is 0 Å². The summed E-state index contributed by atoms with van der Waals surface area (Å²) in [6.07, 6.45) is 3.42. The van der Waals surface area contributed by atoms with E-state index in [1.165, 1.54) is 0 Å². The molecule has 7 nitrogen and oxygen atoms in total. The van der Waals surface area contributed by atoms with E-state index in [0.717, 1.165) is 28.8 Å². The number of nitrogens with zero attached hydrogens (tertiary/aromatic N) is 2. The molecule has 0 unspecified atom stereocenters. The van der Waals surface area contributed by atoms with E-state index in [2.05, 4.69) is 15.5 Å². The predicted octanol–water partition coefficient (Wildman–Crippen LogP) is 2.85. The molecule has 5 heterocycles. The fraction of sp³-hybridized carbons (Fsp3) is 0.450. The van der Waals surface area contributed by atoms with Crippen LogP contribution >= 0.6 is 11.3 Å². The third kappa shape index (κ3) is 2.38. The Bertz CT molecular complexity index is 1080. The molecule has 144 valence electrons. The molecule has 8 heteroatoms. The summed E-state index contributed by atoms with van der Waals surface area (Å²) in [5.41, 5.74) is 1.65. The van der Waals surface area contributed by atoms with Crippen molar-refractivity contribution in [1.82, 2.24) is 15.5 Å². The summed E-state index contributed by atoms with van der Waals surface area (Å²) in [7, 11) is 0. The molecule has 0 atom stereocenters. The number of ether oxygens (including phenoxy) is 1. The van der Waals surface area contributed by atoms with Crippen LogP contribution in [0.4, 0.5) is 0 Å². The van der Waals surface area contributed by atoms with Gasteiger partial charge in [-0.05, 0) is 30.4 Å². The van der Waals surface area contributed by atoms with Gasteiger partial charge in [0.25, 0.3) is 11.6 Å². The number of hydrogen-bond donors (Lipinski definition) is 2. The first-order valence-corrected chi connectivity index (χ1v) is 10.4. The normalized spacial score (nSPS) is 28.5. The number of fused-ring (bicyclic) bond motifs is 2. The maximum atomic E-state index is 13.3. The van der Waals surface area contributed by atoms with Crippen LogP contribution in [0.2, 0.25) is 0 Å². The van der Waals surface area contributed by atoms with Crippen LogP contribution in [0.25, 0.3) is 21.7 Å². The molecule has 4 aliphatic rings. The van der Waals surface area contributed by atoms with Crippen LogP contribution in [0, 0.1) is 0 Å². The lowest BCUT2D eigenvalue weighted by Crippen LogP contribution is -2.60. The molecule has 0 aromatic carbocycles. The zero-order valence-corrected chi connectivity index (χ0v) is 15.9. The Morgan fingerprint density at radius 1 is 1.39 bits per heavy atom. The molecule has 2 bridgehead atoms. The number of amides is 1. The first kappa shape index (κ1) is 16.6. The van der Waals surface area contributed by atoms with E-state index in [1.54, 1.807) is 11.3 Å². The minimum atomic E-state index is -0.473. The van der Waals surface area contributed by atoms with Crippen molar-refractivity contribution in [2.75, 3.05) is 13.2 Å². The quantitative estimate of drug-likeness (QED) is 0.687. The second kappa shape index (κ2) is 5.62. The fourth-order valence-corrected chi connectivity index (χ4v) is 5.29. The number of thiophene rings is 1. The summed E-state index contributed by atoms with van der Waals surface area (Å²) < 4.78 is 11.2. The minimum absolute atomic E-state index is 0.00979. The van der Waals surface area contributed by atoms with E-state index in [4.69, 9.17) is 9.26 Å². The van der Waals surface area contributed by atoms with E-state index in [9.17, 15) is 9.90 Å². The Morgan fingerprint density at radius 2 is 2.25 bits per heavy atom. The molecule has 1 amide bonds. The zero-order chi connectivity index (χ0) is 18.9. The second-order valence-corrected chi connectivity index (χ2v) is 9.22. The molecule has 3 aromatic heterocycles. The van der Waals surface area contributed by atoms with Crippen molar-refractivity contribution < 1.29 is 19.2 Å². The number of rotatable bonds is 5. The molecule has 0 radical (unpaired) electrons. The average molecular weight is 397 g/mol. The van der Waals surface area contributed by atoms with Crippen LogP contribution in [-0.2, 0) is 4.74 Å². The first-order valence-electron chi connectivity index (χ1n) is 9.52. The van der Waals surface area contributed by atoms with E-state index >= 15 is 0 Å². The van der Waals surface area contributed by atoms with Gasteiger partial charge in [0, 0.05) is 18.8 Å². The van der Waals surface area contributed by atoms with Crippen molar-refractivity contribution in [1.29, 1.82) is 0 Å². The standard InChI is InChI=1S/C20H19N3O4S/c24-9-20-7-19(8-20,10-26-20)22-17(25)12-6-13(14-2-1-5-28-14)21-18-15(12)16(23-27-18)11-3-4-11/h1-2,5-6,11,24H,3-4,7-10H2,(H,22,25). The highest BCUT2D eigenvalue weighted by atomic mass is 32.1. The summed E-state index contributed by atoms with van der Waals surface area (Å²) in [4.78, 5) is 18.9. The number of aliphatic hydroxyl groups is 1. The number of pyridine rings is 1. The van der Waals surface area contributed by atoms with Crippen molar-refractivity contribution >= 4 is 28.3 Å². The Kier molecular flexibility index (Phi) is 3.34. The molecule has 0 spiro atoms. The van der Waals surface area contributed by atoms with Gasteiger partial charge in [0.15, 0.2) is 0 Å². The molecule has 2 saturated carbocycles. The van der Waals surface area contributed by atoms with Gasteiger partial charge in [-0.25, -0.2) is 4.98 Å². The molecule has 2 saturated heterocycles. The Balaban J connectivity index is 1.42. The largest absolute Gasteiger partial charge is 0.393 e. The Labute approximate surface area is 164 Å². The van der Waals surface area contributed by atoms with Crippen LogP contribution in [0.3, 0.4) is 0 Å². The van der Waals surface area contributed by atoms with Gasteiger partial charge in [-0.15, -0.1) is 11.3 Å².